The maximum absolute atomic E-state index is 13.7. The third kappa shape index (κ3) is 2.03. The van der Waals surface area contributed by atoms with E-state index in [0.29, 0.717) is 0 Å². The van der Waals surface area contributed by atoms with Crippen LogP contribution in [0.5, 0.6) is 0 Å². The molecule has 0 bridgehead atoms. The average molecular weight is 303 g/mol. The Balaban J connectivity index is 2.73. The van der Waals surface area contributed by atoms with Gasteiger partial charge in [0.15, 0.2) is 0 Å². The smallest absolute Gasteiger partial charge is 0.149 e. The lowest BCUT2D eigenvalue weighted by atomic mass is 10.1. The molecule has 0 saturated carbocycles. The van der Waals surface area contributed by atoms with Crippen molar-refractivity contribution in [3.63, 3.8) is 0 Å². The third-order valence-corrected chi connectivity index (χ3v) is 2.83. The highest BCUT2D eigenvalue weighted by atomic mass is 79.9. The Morgan fingerprint density at radius 3 is 2.75 bits per heavy atom. The van der Waals surface area contributed by atoms with E-state index in [4.69, 9.17) is 12.2 Å². The van der Waals surface area contributed by atoms with Crippen LogP contribution in [0.1, 0.15) is 0 Å². The molecule has 0 unspecified atom stereocenters. The number of hydrogen-bond acceptors (Lipinski definition) is 2. The molecule has 82 valence electrons. The van der Waals surface area contributed by atoms with Crippen molar-refractivity contribution in [1.82, 2.24) is 9.97 Å². The lowest BCUT2D eigenvalue weighted by Gasteiger charge is -2.06. The summed E-state index contributed by atoms with van der Waals surface area (Å²) in [5, 5.41) is 0. The van der Waals surface area contributed by atoms with Gasteiger partial charge in [-0.05, 0) is 34.1 Å². The van der Waals surface area contributed by atoms with E-state index >= 15 is 0 Å². The lowest BCUT2D eigenvalue weighted by Crippen LogP contribution is -1.94. The molecule has 0 amide bonds. The number of rotatable bonds is 1. The number of aromatic amines is 1. The summed E-state index contributed by atoms with van der Waals surface area (Å²) in [5.41, 5.74) is 0.110. The normalized spacial score (nSPS) is 10.4. The van der Waals surface area contributed by atoms with E-state index < -0.39 is 11.6 Å². The molecule has 1 aromatic heterocycles. The zero-order chi connectivity index (χ0) is 11.7. The van der Waals surface area contributed by atoms with Gasteiger partial charge < -0.3 is 4.98 Å². The van der Waals surface area contributed by atoms with Crippen LogP contribution in [0.15, 0.2) is 29.0 Å². The van der Waals surface area contributed by atoms with Crippen molar-refractivity contribution < 1.29 is 8.78 Å². The summed E-state index contributed by atoms with van der Waals surface area (Å²) in [6, 6.07) is 3.90. The van der Waals surface area contributed by atoms with E-state index in [-0.39, 0.29) is 20.4 Å². The fourth-order valence-corrected chi connectivity index (χ4v) is 1.79. The first-order valence-corrected chi connectivity index (χ1v) is 5.48. The summed E-state index contributed by atoms with van der Waals surface area (Å²) in [5.74, 6) is -1.32. The molecule has 0 atom stereocenters. The molecular formula is C10H5BrF2N2S. The molecule has 0 saturated heterocycles. The second-order valence-electron chi connectivity index (χ2n) is 3.02. The zero-order valence-corrected chi connectivity index (χ0v) is 10.2. The third-order valence-electron chi connectivity index (χ3n) is 1.99. The summed E-state index contributed by atoms with van der Waals surface area (Å²) >= 11 is 7.83. The van der Waals surface area contributed by atoms with Crippen molar-refractivity contribution >= 4 is 28.1 Å². The molecule has 16 heavy (non-hydrogen) atoms. The van der Waals surface area contributed by atoms with Crippen molar-refractivity contribution in [3.05, 3.63) is 45.3 Å². The predicted molar refractivity (Wildman–Crippen MR) is 62.5 cm³/mol. The van der Waals surface area contributed by atoms with Gasteiger partial charge in [-0.15, -0.1) is 0 Å². The van der Waals surface area contributed by atoms with Crippen LogP contribution in [0, 0.1) is 16.3 Å². The van der Waals surface area contributed by atoms with E-state index in [9.17, 15) is 8.78 Å². The highest BCUT2D eigenvalue weighted by molar-refractivity contribution is 9.10. The van der Waals surface area contributed by atoms with Gasteiger partial charge in [0.05, 0.1) is 22.1 Å². The van der Waals surface area contributed by atoms with Gasteiger partial charge in [-0.25, -0.2) is 13.8 Å². The quantitative estimate of drug-likeness (QED) is 0.640. The van der Waals surface area contributed by atoms with Gasteiger partial charge >= 0.3 is 0 Å². The number of hydrogen-bond donors (Lipinski definition) is 1. The molecule has 1 aromatic carbocycles. The van der Waals surface area contributed by atoms with Crippen LogP contribution in [0.4, 0.5) is 8.78 Å². The summed E-state index contributed by atoms with van der Waals surface area (Å²) in [6.45, 7) is 0. The monoisotopic (exact) mass is 302 g/mol. The van der Waals surface area contributed by atoms with Crippen molar-refractivity contribution in [2.24, 2.45) is 0 Å². The van der Waals surface area contributed by atoms with E-state index in [1.54, 1.807) is 0 Å². The molecular weight excluding hydrogens is 298 g/mol. The van der Waals surface area contributed by atoms with Gasteiger partial charge in [0, 0.05) is 0 Å². The Labute approximate surface area is 103 Å². The number of nitrogens with zero attached hydrogens (tertiary/aromatic N) is 1. The Bertz CT molecular complexity index is 598. The van der Waals surface area contributed by atoms with Crippen LogP contribution in [0.3, 0.4) is 0 Å². The summed E-state index contributed by atoms with van der Waals surface area (Å²) < 4.78 is 27.7. The zero-order valence-electron chi connectivity index (χ0n) is 7.80. The maximum Gasteiger partial charge on any atom is 0.149 e. The Hall–Kier alpha value is -1.14. The molecule has 0 aliphatic heterocycles. The first kappa shape index (κ1) is 11.3. The minimum Gasteiger partial charge on any atom is -0.346 e. The van der Waals surface area contributed by atoms with Gasteiger partial charge in [0.25, 0.3) is 0 Å². The molecule has 1 N–H and O–H groups in total. The number of halogens is 3. The number of nitrogens with one attached hydrogen (secondary N) is 1. The van der Waals surface area contributed by atoms with Crippen LogP contribution >= 0.6 is 28.1 Å². The van der Waals surface area contributed by atoms with Crippen LogP contribution in [0.2, 0.25) is 0 Å². The molecule has 6 heteroatoms. The summed E-state index contributed by atoms with van der Waals surface area (Å²) in [6.07, 6.45) is 1.30. The Morgan fingerprint density at radius 2 is 2.06 bits per heavy atom. The Kier molecular flexibility index (Phi) is 3.11. The first-order valence-electron chi connectivity index (χ1n) is 4.28. The van der Waals surface area contributed by atoms with E-state index in [1.807, 2.05) is 0 Å². The first-order chi connectivity index (χ1) is 7.59. The number of benzene rings is 1. The predicted octanol–water partition coefficient (Wildman–Crippen LogP) is 3.85. The van der Waals surface area contributed by atoms with Gasteiger partial charge in [0.1, 0.15) is 16.3 Å². The minimum absolute atomic E-state index is 0.150. The Morgan fingerprint density at radius 1 is 1.31 bits per heavy atom. The van der Waals surface area contributed by atoms with Gasteiger partial charge in [-0.1, -0.05) is 12.2 Å². The van der Waals surface area contributed by atoms with Gasteiger partial charge in [-0.2, -0.15) is 0 Å². The molecule has 0 fully saturated rings. The highest BCUT2D eigenvalue weighted by Gasteiger charge is 2.14. The van der Waals surface area contributed by atoms with Crippen LogP contribution in [0.25, 0.3) is 11.3 Å². The molecule has 2 aromatic rings. The fourth-order valence-electron chi connectivity index (χ4n) is 1.29. The topological polar surface area (TPSA) is 28.7 Å². The van der Waals surface area contributed by atoms with Crippen molar-refractivity contribution in [3.8, 4) is 11.3 Å². The molecule has 2 nitrogen and oxygen atoms in total. The lowest BCUT2D eigenvalue weighted by molar-refractivity contribution is 0.584. The summed E-state index contributed by atoms with van der Waals surface area (Å²) in [4.78, 5) is 6.41. The molecule has 0 spiro atoms. The van der Waals surface area contributed by atoms with E-state index in [2.05, 4.69) is 25.9 Å². The fraction of sp³-hybridized carbons (Fsp3) is 0. The summed E-state index contributed by atoms with van der Waals surface area (Å²) in [7, 11) is 0. The SMILES string of the molecule is Fc1ccc(Br)c(F)c1-c1cc(=S)nc[nH]1. The standard InChI is InChI=1S/C10H5BrF2N2S/c11-5-1-2-6(12)9(10(5)13)7-3-8(16)15-4-14-7/h1-4H,(H,14,15,16). The van der Waals surface area contributed by atoms with E-state index in [0.717, 1.165) is 0 Å². The molecule has 2 rings (SSSR count). The highest BCUT2D eigenvalue weighted by Crippen LogP contribution is 2.28. The van der Waals surface area contributed by atoms with Gasteiger partial charge in [-0.3, -0.25) is 0 Å². The minimum atomic E-state index is -0.670. The second kappa shape index (κ2) is 4.39. The van der Waals surface area contributed by atoms with Crippen molar-refractivity contribution in [2.45, 2.75) is 0 Å². The van der Waals surface area contributed by atoms with E-state index in [1.165, 1.54) is 24.5 Å². The molecule has 0 aliphatic rings. The van der Waals surface area contributed by atoms with Crippen LogP contribution < -0.4 is 0 Å². The number of aromatic nitrogens is 2. The van der Waals surface area contributed by atoms with Crippen molar-refractivity contribution in [1.29, 1.82) is 0 Å². The molecule has 0 radical (unpaired) electrons. The van der Waals surface area contributed by atoms with Crippen LogP contribution in [-0.4, -0.2) is 9.97 Å². The second-order valence-corrected chi connectivity index (χ2v) is 4.29. The van der Waals surface area contributed by atoms with Crippen LogP contribution in [-0.2, 0) is 0 Å². The van der Waals surface area contributed by atoms with Gasteiger partial charge in [0.2, 0.25) is 0 Å². The largest absolute Gasteiger partial charge is 0.346 e. The molecule has 0 aliphatic carbocycles. The average Bonchev–Trinajstić information content (AvgIpc) is 2.24. The van der Waals surface area contributed by atoms with Crippen molar-refractivity contribution in [2.75, 3.05) is 0 Å². The molecule has 1 heterocycles. The maximum atomic E-state index is 13.7. The number of H-pyrrole nitrogens is 1.